The van der Waals surface area contributed by atoms with Crippen molar-refractivity contribution >= 4 is 33.1 Å². The van der Waals surface area contributed by atoms with E-state index in [1.54, 1.807) is 0 Å². The first-order valence-corrected chi connectivity index (χ1v) is 10.8. The van der Waals surface area contributed by atoms with Gasteiger partial charge in [0.05, 0.1) is 12.3 Å². The minimum absolute atomic E-state index is 0.702. The lowest BCUT2D eigenvalue weighted by Gasteiger charge is -2.34. The number of fused-ring (bicyclic) bond motifs is 1. The van der Waals surface area contributed by atoms with E-state index >= 15 is 0 Å². The van der Waals surface area contributed by atoms with Gasteiger partial charge in [-0.15, -0.1) is 0 Å². The molecule has 0 atom stereocenters. The number of piperazine rings is 1. The Labute approximate surface area is 175 Å². The molecule has 2 aromatic heterocycles. The lowest BCUT2D eigenvalue weighted by molar-refractivity contribution is 0.253. The van der Waals surface area contributed by atoms with Gasteiger partial charge in [0.25, 0.3) is 0 Å². The summed E-state index contributed by atoms with van der Waals surface area (Å²) in [7, 11) is 0. The number of H-pyrrole nitrogens is 1. The van der Waals surface area contributed by atoms with E-state index in [0.29, 0.717) is 5.69 Å². The molecule has 0 radical (unpaired) electrons. The van der Waals surface area contributed by atoms with Crippen LogP contribution in [0.3, 0.4) is 0 Å². The van der Waals surface area contributed by atoms with Gasteiger partial charge >= 0.3 is 0 Å². The molecule has 0 aliphatic carbocycles. The number of hydrogen-bond donors (Lipinski definition) is 1. The zero-order valence-electron chi connectivity index (χ0n) is 16.6. The van der Waals surface area contributed by atoms with E-state index in [1.807, 2.05) is 25.1 Å². The fourth-order valence-corrected chi connectivity index (χ4v) is 4.79. The molecule has 148 valence electrons. The molecule has 1 aliphatic heterocycles. The third-order valence-corrected chi connectivity index (χ3v) is 6.70. The first-order valence-electron chi connectivity index (χ1n) is 10.00. The molecular formula is C22H24N6S. The maximum atomic E-state index is 9.12. The normalized spacial score (nSPS) is 14.8. The molecule has 0 bridgehead atoms. The zero-order valence-corrected chi connectivity index (χ0v) is 17.4. The van der Waals surface area contributed by atoms with E-state index in [9.17, 15) is 0 Å². The van der Waals surface area contributed by atoms with Crippen molar-refractivity contribution in [3.05, 3.63) is 51.9 Å². The van der Waals surface area contributed by atoms with Gasteiger partial charge in [-0.05, 0) is 55.8 Å². The Morgan fingerprint density at radius 2 is 2.10 bits per heavy atom. The molecule has 1 aliphatic rings. The van der Waals surface area contributed by atoms with E-state index < -0.39 is 0 Å². The highest BCUT2D eigenvalue weighted by atomic mass is 32.1. The number of rotatable bonds is 6. The monoisotopic (exact) mass is 404 g/mol. The predicted octanol–water partition coefficient (Wildman–Crippen LogP) is 4.50. The first-order chi connectivity index (χ1) is 14.2. The lowest BCUT2D eigenvalue weighted by Crippen LogP contribution is -2.46. The van der Waals surface area contributed by atoms with Gasteiger partial charge in [-0.25, -0.2) is 9.83 Å². The Balaban J connectivity index is 1.23. The number of aromatic nitrogens is 2. The third-order valence-electron chi connectivity index (χ3n) is 5.58. The van der Waals surface area contributed by atoms with Crippen molar-refractivity contribution in [1.29, 1.82) is 5.26 Å². The molecule has 3 aromatic rings. The topological polar surface area (TPSA) is 63.3 Å². The molecule has 6 nitrogen and oxygen atoms in total. The van der Waals surface area contributed by atoms with E-state index in [0.717, 1.165) is 66.8 Å². The fourth-order valence-electron chi connectivity index (χ4n) is 3.88. The molecule has 0 amide bonds. The summed E-state index contributed by atoms with van der Waals surface area (Å²) in [5, 5.41) is 11.3. The van der Waals surface area contributed by atoms with Crippen LogP contribution < -0.4 is 4.90 Å². The van der Waals surface area contributed by atoms with Crippen LogP contribution >= 0.6 is 11.3 Å². The molecule has 0 unspecified atom stereocenters. The quantitative estimate of drug-likeness (QED) is 0.485. The highest BCUT2D eigenvalue weighted by Crippen LogP contribution is 2.27. The summed E-state index contributed by atoms with van der Waals surface area (Å²) in [4.78, 5) is 17.0. The van der Waals surface area contributed by atoms with Crippen LogP contribution in [-0.2, 0) is 6.42 Å². The van der Waals surface area contributed by atoms with Crippen LogP contribution in [0, 0.1) is 24.8 Å². The van der Waals surface area contributed by atoms with E-state index in [1.165, 1.54) is 28.7 Å². The largest absolute Gasteiger partial charge is 0.361 e. The van der Waals surface area contributed by atoms with Crippen LogP contribution in [0.2, 0.25) is 0 Å². The summed E-state index contributed by atoms with van der Waals surface area (Å²) in [6, 6.07) is 8.08. The van der Waals surface area contributed by atoms with Crippen molar-refractivity contribution in [2.45, 2.75) is 26.2 Å². The summed E-state index contributed by atoms with van der Waals surface area (Å²) >= 11 is 1.50. The van der Waals surface area contributed by atoms with Gasteiger partial charge in [0.1, 0.15) is 10.9 Å². The maximum absolute atomic E-state index is 9.12. The second-order valence-corrected chi connectivity index (χ2v) is 8.44. The zero-order chi connectivity index (χ0) is 20.2. The van der Waals surface area contributed by atoms with Crippen LogP contribution in [0.4, 0.5) is 10.8 Å². The number of unbranched alkanes of at least 4 members (excludes halogenated alkanes) is 1. The Kier molecular flexibility index (Phi) is 5.80. The summed E-state index contributed by atoms with van der Waals surface area (Å²) in [6.07, 6.45) is 5.44. The molecule has 1 saturated heterocycles. The summed E-state index contributed by atoms with van der Waals surface area (Å²) < 4.78 is 0. The number of thiazole rings is 1. The minimum Gasteiger partial charge on any atom is -0.361 e. The van der Waals surface area contributed by atoms with Crippen molar-refractivity contribution in [1.82, 2.24) is 14.9 Å². The third kappa shape index (κ3) is 4.27. The van der Waals surface area contributed by atoms with Gasteiger partial charge in [-0.3, -0.25) is 4.90 Å². The van der Waals surface area contributed by atoms with Crippen LogP contribution in [-0.4, -0.2) is 47.6 Å². The van der Waals surface area contributed by atoms with E-state index in [4.69, 9.17) is 11.8 Å². The van der Waals surface area contributed by atoms with Crippen molar-refractivity contribution in [2.24, 2.45) is 0 Å². The standard InChI is InChI=1S/C22H24N6S/c1-16-21(14-23)29-22(26-16)28-11-9-27(10-12-28)8-4-3-5-17-15-25-20-7-6-18(24-2)13-19(17)20/h6-7,13,15,25H,3-5,8-12H2,1H3. The predicted molar refractivity (Wildman–Crippen MR) is 118 cm³/mol. The average Bonchev–Trinajstić information content (AvgIpc) is 3.34. The lowest BCUT2D eigenvalue weighted by atomic mass is 10.1. The van der Waals surface area contributed by atoms with Crippen molar-refractivity contribution < 1.29 is 0 Å². The second-order valence-electron chi connectivity index (χ2n) is 7.46. The molecule has 4 rings (SSSR count). The van der Waals surface area contributed by atoms with Crippen molar-refractivity contribution in [2.75, 3.05) is 37.6 Å². The number of nitriles is 1. The number of aromatic amines is 1. The molecule has 1 aromatic carbocycles. The number of nitrogens with zero attached hydrogens (tertiary/aromatic N) is 5. The Hall–Kier alpha value is -2.87. The number of aryl methyl sites for hydroxylation is 2. The minimum atomic E-state index is 0.702. The molecule has 0 saturated carbocycles. The van der Waals surface area contributed by atoms with Gasteiger partial charge in [-0.1, -0.05) is 17.4 Å². The smallest absolute Gasteiger partial charge is 0.187 e. The molecule has 1 fully saturated rings. The SMILES string of the molecule is [C-]#[N+]c1ccc2[nH]cc(CCCCN3CCN(c4nc(C)c(C#N)s4)CC3)c2c1. The van der Waals surface area contributed by atoms with Crippen LogP contribution in [0.15, 0.2) is 24.4 Å². The molecule has 29 heavy (non-hydrogen) atoms. The number of nitrogens with one attached hydrogen (secondary N) is 1. The van der Waals surface area contributed by atoms with Gasteiger partial charge in [-0.2, -0.15) is 5.26 Å². The van der Waals surface area contributed by atoms with Crippen LogP contribution in [0.25, 0.3) is 15.7 Å². The first kappa shape index (κ1) is 19.4. The number of anilines is 1. The van der Waals surface area contributed by atoms with Gasteiger partial charge in [0.15, 0.2) is 10.8 Å². The molecule has 1 N–H and O–H groups in total. The van der Waals surface area contributed by atoms with Crippen molar-refractivity contribution in [3.63, 3.8) is 0 Å². The van der Waals surface area contributed by atoms with E-state index in [-0.39, 0.29) is 0 Å². The average molecular weight is 405 g/mol. The number of hydrogen-bond acceptors (Lipinski definition) is 5. The van der Waals surface area contributed by atoms with E-state index in [2.05, 4.69) is 36.9 Å². The van der Waals surface area contributed by atoms with Crippen molar-refractivity contribution in [3.8, 4) is 6.07 Å². The fraction of sp³-hybridized carbons (Fsp3) is 0.409. The van der Waals surface area contributed by atoms with Gasteiger partial charge in [0.2, 0.25) is 0 Å². The Bertz CT molecular complexity index is 1080. The molecular weight excluding hydrogens is 380 g/mol. The second kappa shape index (κ2) is 8.65. The summed E-state index contributed by atoms with van der Waals surface area (Å²) in [5.41, 5.74) is 3.97. The Morgan fingerprint density at radius 1 is 1.28 bits per heavy atom. The summed E-state index contributed by atoms with van der Waals surface area (Å²) in [6.45, 7) is 14.3. The highest BCUT2D eigenvalue weighted by molar-refractivity contribution is 7.16. The summed E-state index contributed by atoms with van der Waals surface area (Å²) in [5.74, 6) is 0. The molecule has 3 heterocycles. The maximum Gasteiger partial charge on any atom is 0.187 e. The van der Waals surface area contributed by atoms with Gasteiger partial charge in [0, 0.05) is 37.9 Å². The van der Waals surface area contributed by atoms with Crippen LogP contribution in [0.5, 0.6) is 0 Å². The van der Waals surface area contributed by atoms with Crippen LogP contribution in [0.1, 0.15) is 29.0 Å². The molecule has 7 heteroatoms. The molecule has 0 spiro atoms. The highest BCUT2D eigenvalue weighted by Gasteiger charge is 2.20. The Morgan fingerprint density at radius 3 is 2.83 bits per heavy atom. The number of benzene rings is 1. The van der Waals surface area contributed by atoms with Gasteiger partial charge < -0.3 is 9.88 Å².